The van der Waals surface area contributed by atoms with Crippen LogP contribution >= 0.6 is 15.9 Å². The number of nitrogens with one attached hydrogen (secondary N) is 1. The van der Waals surface area contributed by atoms with Gasteiger partial charge in [0.1, 0.15) is 5.82 Å². The van der Waals surface area contributed by atoms with E-state index >= 15 is 0 Å². The Morgan fingerprint density at radius 2 is 2.41 bits per heavy atom. The second kappa shape index (κ2) is 5.83. The third-order valence-electron chi connectivity index (χ3n) is 3.31. The van der Waals surface area contributed by atoms with Gasteiger partial charge < -0.3 is 10.2 Å². The molecule has 1 aliphatic rings. The maximum atomic E-state index is 4.50. The fraction of sp³-hybridized carbons (Fsp3) is 0.615. The van der Waals surface area contributed by atoms with E-state index in [4.69, 9.17) is 0 Å². The molecule has 2 rings (SSSR count). The van der Waals surface area contributed by atoms with Crippen molar-refractivity contribution in [2.45, 2.75) is 19.8 Å². The molecule has 1 saturated heterocycles. The Bertz CT molecular complexity index is 375. The molecule has 1 aromatic heterocycles. The number of nitrogens with zero attached hydrogens (tertiary/aromatic N) is 2. The lowest BCUT2D eigenvalue weighted by molar-refractivity contribution is 0.380. The first kappa shape index (κ1) is 12.8. The number of halogens is 1. The third kappa shape index (κ3) is 3.42. The van der Waals surface area contributed by atoms with Gasteiger partial charge in [0.05, 0.1) is 0 Å². The number of aryl methyl sites for hydroxylation is 1. The smallest absolute Gasteiger partial charge is 0.131 e. The molecule has 0 bridgehead atoms. The quantitative estimate of drug-likeness (QED) is 0.929. The molecule has 1 N–H and O–H groups in total. The lowest BCUT2D eigenvalue weighted by Crippen LogP contribution is -2.37. The van der Waals surface area contributed by atoms with E-state index in [1.165, 1.54) is 24.9 Å². The van der Waals surface area contributed by atoms with Gasteiger partial charge in [-0.05, 0) is 66.3 Å². The van der Waals surface area contributed by atoms with Crippen LogP contribution in [-0.4, -0.2) is 31.7 Å². The minimum Gasteiger partial charge on any atom is -0.359 e. The van der Waals surface area contributed by atoms with Crippen molar-refractivity contribution in [2.75, 3.05) is 31.6 Å². The van der Waals surface area contributed by atoms with E-state index < -0.39 is 0 Å². The first-order valence-corrected chi connectivity index (χ1v) is 7.00. The van der Waals surface area contributed by atoms with Gasteiger partial charge in [-0.2, -0.15) is 0 Å². The summed E-state index contributed by atoms with van der Waals surface area (Å²) < 4.78 is 1.05. The van der Waals surface area contributed by atoms with E-state index in [-0.39, 0.29) is 0 Å². The highest BCUT2D eigenvalue weighted by Crippen LogP contribution is 2.21. The molecule has 1 fully saturated rings. The zero-order chi connectivity index (χ0) is 12.3. The van der Waals surface area contributed by atoms with Crippen LogP contribution in [0.2, 0.25) is 0 Å². The predicted molar refractivity (Wildman–Crippen MR) is 75.5 cm³/mol. The summed E-state index contributed by atoms with van der Waals surface area (Å²) in [5.41, 5.74) is 1.23. The van der Waals surface area contributed by atoms with Gasteiger partial charge in [-0.25, -0.2) is 4.98 Å². The predicted octanol–water partition coefficient (Wildman–Crippen LogP) is 2.59. The Hall–Kier alpha value is -0.610. The molecule has 2 heterocycles. The standard InChI is InChI=1S/C13H20BrN3/c1-10-6-12(14)8-16-13(10)17(2)9-11-4-3-5-15-7-11/h6,8,11,15H,3-5,7,9H2,1-2H3. The van der Waals surface area contributed by atoms with Crippen LogP contribution in [0.4, 0.5) is 5.82 Å². The Kier molecular flexibility index (Phi) is 4.40. The average Bonchev–Trinajstić information content (AvgIpc) is 2.30. The summed E-state index contributed by atoms with van der Waals surface area (Å²) in [7, 11) is 2.14. The number of anilines is 1. The Balaban J connectivity index is 2.00. The van der Waals surface area contributed by atoms with Crippen molar-refractivity contribution in [1.29, 1.82) is 0 Å². The van der Waals surface area contributed by atoms with E-state index in [2.05, 4.69) is 51.2 Å². The summed E-state index contributed by atoms with van der Waals surface area (Å²) in [5.74, 6) is 1.84. The largest absolute Gasteiger partial charge is 0.359 e. The highest BCUT2D eigenvalue weighted by molar-refractivity contribution is 9.10. The van der Waals surface area contributed by atoms with E-state index in [0.717, 1.165) is 29.3 Å². The van der Waals surface area contributed by atoms with Gasteiger partial charge in [-0.3, -0.25) is 0 Å². The Morgan fingerprint density at radius 3 is 3.06 bits per heavy atom. The second-order valence-corrected chi connectivity index (χ2v) is 5.80. The molecule has 1 unspecified atom stereocenters. The van der Waals surface area contributed by atoms with Gasteiger partial charge in [0.15, 0.2) is 0 Å². The number of hydrogen-bond donors (Lipinski definition) is 1. The van der Waals surface area contributed by atoms with Crippen molar-refractivity contribution < 1.29 is 0 Å². The molecule has 3 nitrogen and oxygen atoms in total. The fourth-order valence-corrected chi connectivity index (χ4v) is 2.93. The maximum Gasteiger partial charge on any atom is 0.131 e. The van der Waals surface area contributed by atoms with Crippen molar-refractivity contribution >= 4 is 21.7 Å². The van der Waals surface area contributed by atoms with E-state index in [9.17, 15) is 0 Å². The lowest BCUT2D eigenvalue weighted by Gasteiger charge is -2.29. The number of hydrogen-bond acceptors (Lipinski definition) is 3. The van der Waals surface area contributed by atoms with Crippen LogP contribution in [0, 0.1) is 12.8 Å². The van der Waals surface area contributed by atoms with E-state index in [0.29, 0.717) is 0 Å². The van der Waals surface area contributed by atoms with Crippen LogP contribution in [0.5, 0.6) is 0 Å². The van der Waals surface area contributed by atoms with Crippen LogP contribution < -0.4 is 10.2 Å². The lowest BCUT2D eigenvalue weighted by atomic mass is 9.99. The molecule has 17 heavy (non-hydrogen) atoms. The topological polar surface area (TPSA) is 28.2 Å². The van der Waals surface area contributed by atoms with Crippen molar-refractivity contribution in [3.63, 3.8) is 0 Å². The van der Waals surface area contributed by atoms with E-state index in [1.54, 1.807) is 0 Å². The SMILES string of the molecule is Cc1cc(Br)cnc1N(C)CC1CCCNC1. The molecule has 0 aromatic carbocycles. The number of rotatable bonds is 3. The summed E-state index contributed by atoms with van der Waals surface area (Å²) in [4.78, 5) is 6.78. The number of piperidine rings is 1. The molecule has 0 aliphatic carbocycles. The normalized spacial score (nSPS) is 20.3. The van der Waals surface area contributed by atoms with Gasteiger partial charge in [-0.1, -0.05) is 0 Å². The first-order chi connectivity index (χ1) is 8.16. The van der Waals surface area contributed by atoms with Crippen molar-refractivity contribution in [3.05, 3.63) is 22.3 Å². The average molecular weight is 298 g/mol. The summed E-state index contributed by atoms with van der Waals surface area (Å²) in [6.07, 6.45) is 4.50. The number of aromatic nitrogens is 1. The summed E-state index contributed by atoms with van der Waals surface area (Å²) >= 11 is 3.45. The molecule has 0 amide bonds. The molecule has 0 radical (unpaired) electrons. The summed E-state index contributed by atoms with van der Waals surface area (Å²) in [5, 5.41) is 3.46. The van der Waals surface area contributed by atoms with Crippen molar-refractivity contribution in [1.82, 2.24) is 10.3 Å². The van der Waals surface area contributed by atoms with Crippen molar-refractivity contribution in [2.24, 2.45) is 5.92 Å². The third-order valence-corrected chi connectivity index (χ3v) is 3.74. The van der Waals surface area contributed by atoms with Crippen LogP contribution in [0.3, 0.4) is 0 Å². The highest BCUT2D eigenvalue weighted by Gasteiger charge is 2.16. The number of pyridine rings is 1. The van der Waals surface area contributed by atoms with Gasteiger partial charge in [0.2, 0.25) is 0 Å². The summed E-state index contributed by atoms with van der Waals surface area (Å²) in [6, 6.07) is 2.12. The zero-order valence-corrected chi connectivity index (χ0v) is 12.1. The van der Waals surface area contributed by atoms with Crippen LogP contribution in [0.1, 0.15) is 18.4 Å². The van der Waals surface area contributed by atoms with Crippen LogP contribution in [0.25, 0.3) is 0 Å². The molecule has 94 valence electrons. The zero-order valence-electron chi connectivity index (χ0n) is 10.5. The minimum atomic E-state index is 0.749. The Labute approximate surface area is 112 Å². The Morgan fingerprint density at radius 1 is 1.59 bits per heavy atom. The van der Waals surface area contributed by atoms with Gasteiger partial charge in [-0.15, -0.1) is 0 Å². The summed E-state index contributed by atoms with van der Waals surface area (Å²) in [6.45, 7) is 5.51. The highest BCUT2D eigenvalue weighted by atomic mass is 79.9. The molecule has 0 spiro atoms. The molecule has 1 atom stereocenters. The molecule has 4 heteroatoms. The molecular formula is C13H20BrN3. The van der Waals surface area contributed by atoms with Crippen LogP contribution in [-0.2, 0) is 0 Å². The maximum absolute atomic E-state index is 4.50. The van der Waals surface area contributed by atoms with E-state index in [1.807, 2.05) is 6.20 Å². The molecular weight excluding hydrogens is 278 g/mol. The molecule has 1 aliphatic heterocycles. The monoisotopic (exact) mass is 297 g/mol. The van der Waals surface area contributed by atoms with Crippen molar-refractivity contribution in [3.8, 4) is 0 Å². The minimum absolute atomic E-state index is 0.749. The molecule has 1 aromatic rings. The fourth-order valence-electron chi connectivity index (χ4n) is 2.49. The van der Waals surface area contributed by atoms with Gasteiger partial charge in [0.25, 0.3) is 0 Å². The first-order valence-electron chi connectivity index (χ1n) is 6.21. The molecule has 0 saturated carbocycles. The van der Waals surface area contributed by atoms with Gasteiger partial charge >= 0.3 is 0 Å². The van der Waals surface area contributed by atoms with Crippen LogP contribution in [0.15, 0.2) is 16.7 Å². The second-order valence-electron chi connectivity index (χ2n) is 4.89. The van der Waals surface area contributed by atoms with Gasteiger partial charge in [0, 0.05) is 24.3 Å².